The highest BCUT2D eigenvalue weighted by atomic mass is 35.5. The van der Waals surface area contributed by atoms with Crippen LogP contribution in [0.5, 0.6) is 5.75 Å². The SMILES string of the molecule is COC[C@@H](C)OC(=O)c1c(N)n(-c2ccc(OC)c(Cl)c2)c2nc3ccccc3nc12. The van der Waals surface area contributed by atoms with Gasteiger partial charge in [0, 0.05) is 7.11 Å². The lowest BCUT2D eigenvalue weighted by Gasteiger charge is -2.12. The maximum Gasteiger partial charge on any atom is 0.344 e. The molecule has 0 spiro atoms. The number of para-hydroxylation sites is 2. The van der Waals surface area contributed by atoms with Gasteiger partial charge in [-0.25, -0.2) is 14.8 Å². The fraction of sp³-hybridized carbons (Fsp3) is 0.227. The Morgan fingerprint density at radius 3 is 2.52 bits per heavy atom. The Hall–Kier alpha value is -3.36. The van der Waals surface area contributed by atoms with E-state index in [4.69, 9.17) is 36.5 Å². The predicted molar refractivity (Wildman–Crippen MR) is 119 cm³/mol. The highest BCUT2D eigenvalue weighted by Crippen LogP contribution is 2.34. The second kappa shape index (κ2) is 8.41. The van der Waals surface area contributed by atoms with Crippen molar-refractivity contribution in [2.75, 3.05) is 26.6 Å². The van der Waals surface area contributed by atoms with Crippen molar-refractivity contribution < 1.29 is 19.0 Å². The van der Waals surface area contributed by atoms with E-state index in [1.165, 1.54) is 14.2 Å². The van der Waals surface area contributed by atoms with E-state index in [1.54, 1.807) is 29.7 Å². The number of carbonyl (C=O) groups is 1. The molecule has 4 rings (SSSR count). The molecule has 0 radical (unpaired) electrons. The standard InChI is InChI=1S/C22H21ClN4O4/c1-12(11-29-2)31-22(28)18-19-21(26-16-7-5-4-6-15(16)25-19)27(20(18)24)13-8-9-17(30-3)14(23)10-13/h4-10,12H,11,24H2,1-3H3/t12-/m1/s1. The molecule has 2 heterocycles. The fourth-order valence-corrected chi connectivity index (χ4v) is 3.68. The Labute approximate surface area is 183 Å². The number of carbonyl (C=O) groups excluding carboxylic acids is 1. The van der Waals surface area contributed by atoms with Gasteiger partial charge >= 0.3 is 5.97 Å². The van der Waals surface area contributed by atoms with Gasteiger partial charge in [-0.2, -0.15) is 0 Å². The summed E-state index contributed by atoms with van der Waals surface area (Å²) in [6, 6.07) is 12.6. The molecule has 160 valence electrons. The number of nitrogens with two attached hydrogens (primary N) is 1. The van der Waals surface area contributed by atoms with Crippen molar-refractivity contribution in [1.29, 1.82) is 0 Å². The number of halogens is 1. The molecule has 1 atom stereocenters. The topological polar surface area (TPSA) is 101 Å². The van der Waals surface area contributed by atoms with Crippen molar-refractivity contribution in [1.82, 2.24) is 14.5 Å². The first kappa shape index (κ1) is 20.9. The van der Waals surface area contributed by atoms with Crippen molar-refractivity contribution in [3.8, 4) is 11.4 Å². The summed E-state index contributed by atoms with van der Waals surface area (Å²) in [5.74, 6) is 0.0705. The molecule has 2 N–H and O–H groups in total. The van der Waals surface area contributed by atoms with Crippen LogP contribution in [0.15, 0.2) is 42.5 Å². The van der Waals surface area contributed by atoms with Gasteiger partial charge in [0.1, 0.15) is 28.8 Å². The summed E-state index contributed by atoms with van der Waals surface area (Å²) in [7, 11) is 3.07. The number of nitrogens with zero attached hydrogens (tertiary/aromatic N) is 3. The first-order valence-corrected chi connectivity index (χ1v) is 9.93. The van der Waals surface area contributed by atoms with Gasteiger partial charge in [0.15, 0.2) is 5.65 Å². The van der Waals surface area contributed by atoms with Gasteiger partial charge in [0.05, 0.1) is 35.5 Å². The molecule has 0 aliphatic carbocycles. The van der Waals surface area contributed by atoms with Crippen LogP contribution in [0.2, 0.25) is 5.02 Å². The molecule has 0 fully saturated rings. The third kappa shape index (κ3) is 3.75. The summed E-state index contributed by atoms with van der Waals surface area (Å²) in [6.07, 6.45) is -0.459. The number of rotatable bonds is 6. The Bertz CT molecular complexity index is 1290. The molecular formula is C22H21ClN4O4. The van der Waals surface area contributed by atoms with Crippen molar-refractivity contribution in [2.24, 2.45) is 0 Å². The van der Waals surface area contributed by atoms with Crippen LogP contribution in [0.25, 0.3) is 27.9 Å². The smallest absolute Gasteiger partial charge is 0.344 e. The lowest BCUT2D eigenvalue weighted by molar-refractivity contribution is 0.0123. The lowest BCUT2D eigenvalue weighted by atomic mass is 10.2. The van der Waals surface area contributed by atoms with Crippen LogP contribution in [0, 0.1) is 0 Å². The minimum atomic E-state index is -0.602. The number of hydrogen-bond acceptors (Lipinski definition) is 7. The lowest BCUT2D eigenvalue weighted by Crippen LogP contribution is -2.20. The normalized spacial score (nSPS) is 12.3. The van der Waals surface area contributed by atoms with Crippen LogP contribution in [0.4, 0.5) is 5.82 Å². The van der Waals surface area contributed by atoms with E-state index >= 15 is 0 Å². The maximum absolute atomic E-state index is 13.0. The number of methoxy groups -OCH3 is 2. The Kier molecular flexibility index (Phi) is 5.67. The molecule has 0 aliphatic heterocycles. The highest BCUT2D eigenvalue weighted by molar-refractivity contribution is 6.32. The number of nitrogen functional groups attached to an aromatic ring is 1. The molecule has 0 unspecified atom stereocenters. The predicted octanol–water partition coefficient (Wildman–Crippen LogP) is 4.01. The second-order valence-corrected chi connectivity index (χ2v) is 7.38. The van der Waals surface area contributed by atoms with Gasteiger partial charge < -0.3 is 19.9 Å². The summed E-state index contributed by atoms with van der Waals surface area (Å²) in [6.45, 7) is 1.99. The molecular weight excluding hydrogens is 420 g/mol. The summed E-state index contributed by atoms with van der Waals surface area (Å²) >= 11 is 6.33. The largest absolute Gasteiger partial charge is 0.495 e. The van der Waals surface area contributed by atoms with E-state index in [2.05, 4.69) is 4.98 Å². The van der Waals surface area contributed by atoms with E-state index in [1.807, 2.05) is 24.3 Å². The van der Waals surface area contributed by atoms with Crippen LogP contribution >= 0.6 is 11.6 Å². The zero-order valence-electron chi connectivity index (χ0n) is 17.3. The van der Waals surface area contributed by atoms with Crippen molar-refractivity contribution in [3.05, 3.63) is 53.1 Å². The summed E-state index contributed by atoms with van der Waals surface area (Å²) in [5, 5.41) is 0.396. The number of anilines is 1. The van der Waals surface area contributed by atoms with Gasteiger partial charge in [-0.1, -0.05) is 23.7 Å². The second-order valence-electron chi connectivity index (χ2n) is 6.97. The third-order valence-electron chi connectivity index (χ3n) is 4.81. The van der Waals surface area contributed by atoms with Gasteiger partial charge in [0.2, 0.25) is 0 Å². The van der Waals surface area contributed by atoms with Crippen LogP contribution in [-0.4, -0.2) is 47.4 Å². The Morgan fingerprint density at radius 2 is 1.87 bits per heavy atom. The molecule has 0 saturated carbocycles. The van der Waals surface area contributed by atoms with E-state index < -0.39 is 12.1 Å². The number of fused-ring (bicyclic) bond motifs is 2. The van der Waals surface area contributed by atoms with E-state index in [9.17, 15) is 4.79 Å². The Balaban J connectivity index is 1.97. The molecule has 9 heteroatoms. The third-order valence-corrected chi connectivity index (χ3v) is 5.10. The van der Waals surface area contributed by atoms with Crippen molar-refractivity contribution in [2.45, 2.75) is 13.0 Å². The molecule has 4 aromatic rings. The summed E-state index contributed by atoms with van der Waals surface area (Å²) < 4.78 is 17.4. The van der Waals surface area contributed by atoms with Crippen LogP contribution in [-0.2, 0) is 9.47 Å². The number of benzene rings is 2. The van der Waals surface area contributed by atoms with Crippen LogP contribution in [0.1, 0.15) is 17.3 Å². The molecule has 0 saturated heterocycles. The van der Waals surface area contributed by atoms with E-state index in [0.29, 0.717) is 38.7 Å². The molecule has 0 aliphatic rings. The van der Waals surface area contributed by atoms with Gasteiger partial charge in [-0.3, -0.25) is 4.57 Å². The van der Waals surface area contributed by atoms with Gasteiger partial charge in [-0.05, 0) is 37.3 Å². The molecule has 8 nitrogen and oxygen atoms in total. The molecule has 0 amide bonds. The quantitative estimate of drug-likeness (QED) is 0.452. The first-order valence-electron chi connectivity index (χ1n) is 9.55. The average Bonchev–Trinajstić information content (AvgIpc) is 3.02. The zero-order chi connectivity index (χ0) is 22.1. The zero-order valence-corrected chi connectivity index (χ0v) is 18.0. The molecule has 0 bridgehead atoms. The number of hydrogen-bond donors (Lipinski definition) is 1. The number of esters is 1. The fourth-order valence-electron chi connectivity index (χ4n) is 3.43. The first-order chi connectivity index (χ1) is 14.9. The maximum atomic E-state index is 13.0. The number of ether oxygens (including phenoxy) is 3. The molecule has 2 aromatic heterocycles. The minimum absolute atomic E-state index is 0.142. The number of aromatic nitrogens is 3. The van der Waals surface area contributed by atoms with Crippen LogP contribution in [0.3, 0.4) is 0 Å². The monoisotopic (exact) mass is 440 g/mol. The van der Waals surface area contributed by atoms with E-state index in [0.717, 1.165) is 0 Å². The van der Waals surface area contributed by atoms with Gasteiger partial charge in [0.25, 0.3) is 0 Å². The van der Waals surface area contributed by atoms with Gasteiger partial charge in [-0.15, -0.1) is 0 Å². The highest BCUT2D eigenvalue weighted by Gasteiger charge is 2.27. The summed E-state index contributed by atoms with van der Waals surface area (Å²) in [5.41, 5.74) is 9.28. The van der Waals surface area contributed by atoms with Crippen molar-refractivity contribution >= 4 is 45.6 Å². The minimum Gasteiger partial charge on any atom is -0.495 e. The molecule has 2 aromatic carbocycles. The van der Waals surface area contributed by atoms with Crippen molar-refractivity contribution in [3.63, 3.8) is 0 Å². The summed E-state index contributed by atoms with van der Waals surface area (Å²) in [4.78, 5) is 22.4. The molecule has 31 heavy (non-hydrogen) atoms. The average molecular weight is 441 g/mol. The van der Waals surface area contributed by atoms with Crippen LogP contribution < -0.4 is 10.5 Å². The Morgan fingerprint density at radius 1 is 1.16 bits per heavy atom. The van der Waals surface area contributed by atoms with E-state index in [-0.39, 0.29) is 18.0 Å².